The summed E-state index contributed by atoms with van der Waals surface area (Å²) in [4.78, 5) is 2.72. The maximum Gasteiger partial charge on any atom is 0.162 e. The van der Waals surface area contributed by atoms with Crippen molar-refractivity contribution in [2.24, 2.45) is 5.92 Å². The summed E-state index contributed by atoms with van der Waals surface area (Å²) >= 11 is 0. The topological polar surface area (TPSA) is 15.7 Å². The fraction of sp³-hybridized carbons (Fsp3) is 1.00. The van der Waals surface area contributed by atoms with Gasteiger partial charge in [-0.2, -0.15) is 0 Å². The zero-order valence-corrected chi connectivity index (χ0v) is 22.0. The minimum Gasteiger partial charge on any atom is -0.419 e. The molecular formula is C21H48N2OSi2. The van der Waals surface area contributed by atoms with E-state index in [4.69, 9.17) is 4.43 Å². The van der Waals surface area contributed by atoms with Crippen LogP contribution >= 0.6 is 0 Å². The molecule has 0 radical (unpaired) electrons. The third-order valence-electron chi connectivity index (χ3n) is 6.41. The van der Waals surface area contributed by atoms with Crippen LogP contribution in [0.3, 0.4) is 0 Å². The third-order valence-corrected chi connectivity index (χ3v) is 15.8. The molecule has 1 rings (SSSR count). The zero-order valence-electron chi connectivity index (χ0n) is 19.6. The van der Waals surface area contributed by atoms with Crippen LogP contribution in [0, 0.1) is 5.92 Å². The molecule has 5 heteroatoms. The molecule has 0 amide bonds. The predicted octanol–water partition coefficient (Wildman–Crippen LogP) is 4.73. The van der Waals surface area contributed by atoms with E-state index in [0.717, 1.165) is 22.5 Å². The molecule has 0 spiro atoms. The molecule has 1 aliphatic rings. The van der Waals surface area contributed by atoms with Gasteiger partial charge in [-0.25, -0.2) is 0 Å². The van der Waals surface area contributed by atoms with E-state index in [2.05, 4.69) is 78.7 Å². The highest BCUT2D eigenvalue weighted by Crippen LogP contribution is 2.44. The van der Waals surface area contributed by atoms with Crippen LogP contribution in [-0.4, -0.2) is 65.8 Å². The van der Waals surface area contributed by atoms with Crippen LogP contribution in [0.5, 0.6) is 0 Å². The normalized spacial score (nSPS) is 20.2. The largest absolute Gasteiger partial charge is 0.419 e. The average Bonchev–Trinajstić information content (AvgIpc) is 2.47. The Morgan fingerprint density at radius 3 is 1.69 bits per heavy atom. The Balaban J connectivity index is 2.55. The van der Waals surface area contributed by atoms with Gasteiger partial charge in [0.1, 0.15) is 8.24 Å². The predicted molar refractivity (Wildman–Crippen MR) is 122 cm³/mol. The van der Waals surface area contributed by atoms with Crippen LogP contribution in [0.15, 0.2) is 0 Å². The highest BCUT2D eigenvalue weighted by molar-refractivity contribution is 6.81. The van der Waals surface area contributed by atoms with Gasteiger partial charge >= 0.3 is 0 Å². The third kappa shape index (κ3) is 6.44. The second kappa shape index (κ2) is 10.2. The minimum atomic E-state index is -1.44. The molecule has 0 N–H and O–H groups in total. The van der Waals surface area contributed by atoms with E-state index >= 15 is 0 Å². The summed E-state index contributed by atoms with van der Waals surface area (Å²) in [6, 6.07) is 1.31. The van der Waals surface area contributed by atoms with Crippen LogP contribution in [0.25, 0.3) is 0 Å². The molecule has 1 atom stereocenters. The van der Waals surface area contributed by atoms with Crippen molar-refractivity contribution in [1.29, 1.82) is 0 Å². The first-order valence-corrected chi connectivity index (χ1v) is 14.8. The lowest BCUT2D eigenvalue weighted by Gasteiger charge is -2.53. The van der Waals surface area contributed by atoms with Crippen LogP contribution in [0.4, 0.5) is 0 Å². The lowest BCUT2D eigenvalue weighted by atomic mass is 10.2. The van der Waals surface area contributed by atoms with Crippen molar-refractivity contribution in [3.63, 3.8) is 0 Å². The van der Waals surface area contributed by atoms with Gasteiger partial charge in [-0.15, -0.1) is 0 Å². The van der Waals surface area contributed by atoms with Crippen molar-refractivity contribution >= 4 is 18.0 Å². The number of hydrogen-bond acceptors (Lipinski definition) is 3. The maximum atomic E-state index is 6.05. The van der Waals surface area contributed by atoms with Crippen molar-refractivity contribution in [3.8, 4) is 0 Å². The number of rotatable bonds is 9. The molecule has 1 unspecified atom stereocenters. The first-order chi connectivity index (χ1) is 11.9. The molecular weight excluding hydrogens is 352 g/mol. The SMILES string of the molecule is CC(C[SiH2]OC(C)(C)C)CN1CCN([Si](C(C)C)(C(C)C)C(C)C)CC1. The van der Waals surface area contributed by atoms with Gasteiger partial charge in [-0.3, -0.25) is 0 Å². The first kappa shape index (κ1) is 24.4. The van der Waals surface area contributed by atoms with E-state index in [1.54, 1.807) is 0 Å². The Kier molecular flexibility index (Phi) is 9.55. The van der Waals surface area contributed by atoms with Gasteiger partial charge in [0.2, 0.25) is 0 Å². The summed E-state index contributed by atoms with van der Waals surface area (Å²) < 4.78 is 9.01. The first-order valence-electron chi connectivity index (χ1n) is 11.0. The molecule has 0 aromatic rings. The van der Waals surface area contributed by atoms with Gasteiger partial charge in [0.15, 0.2) is 9.76 Å². The zero-order chi connectivity index (χ0) is 20.1. The molecule has 0 aliphatic carbocycles. The summed E-state index contributed by atoms with van der Waals surface area (Å²) in [6.45, 7) is 30.2. The van der Waals surface area contributed by atoms with Crippen LogP contribution in [0.2, 0.25) is 22.7 Å². The maximum absolute atomic E-state index is 6.05. The van der Waals surface area contributed by atoms with Gasteiger partial charge in [-0.05, 0) is 49.4 Å². The second-order valence-corrected chi connectivity index (χ2v) is 17.6. The van der Waals surface area contributed by atoms with E-state index in [-0.39, 0.29) is 15.4 Å². The molecule has 1 heterocycles. The Morgan fingerprint density at radius 2 is 1.31 bits per heavy atom. The van der Waals surface area contributed by atoms with E-state index < -0.39 is 8.24 Å². The van der Waals surface area contributed by atoms with Crippen molar-refractivity contribution in [2.75, 3.05) is 32.7 Å². The smallest absolute Gasteiger partial charge is 0.162 e. The summed E-state index contributed by atoms with van der Waals surface area (Å²) in [5.41, 5.74) is 2.53. The van der Waals surface area contributed by atoms with Crippen LogP contribution in [-0.2, 0) is 4.43 Å². The average molecular weight is 401 g/mol. The van der Waals surface area contributed by atoms with Gasteiger partial charge in [0, 0.05) is 38.3 Å². The summed E-state index contributed by atoms with van der Waals surface area (Å²) in [5, 5.41) is 0. The molecule has 3 nitrogen and oxygen atoms in total. The molecule has 0 aromatic carbocycles. The molecule has 0 saturated carbocycles. The lowest BCUT2D eigenvalue weighted by molar-refractivity contribution is 0.133. The summed E-state index contributed by atoms with van der Waals surface area (Å²) in [7, 11) is -1.83. The molecule has 26 heavy (non-hydrogen) atoms. The summed E-state index contributed by atoms with van der Waals surface area (Å²) in [6.07, 6.45) is 0. The number of hydrogen-bond donors (Lipinski definition) is 0. The van der Waals surface area contributed by atoms with E-state index in [0.29, 0.717) is 0 Å². The minimum absolute atomic E-state index is 0.0517. The molecule has 0 aromatic heterocycles. The fourth-order valence-electron chi connectivity index (χ4n) is 5.51. The summed E-state index contributed by atoms with van der Waals surface area (Å²) in [5.74, 6) is 0.776. The van der Waals surface area contributed by atoms with Crippen molar-refractivity contribution in [3.05, 3.63) is 0 Å². The van der Waals surface area contributed by atoms with Crippen molar-refractivity contribution in [1.82, 2.24) is 9.47 Å². The Bertz CT molecular complexity index is 378. The van der Waals surface area contributed by atoms with Gasteiger partial charge in [0.25, 0.3) is 0 Å². The fourth-order valence-corrected chi connectivity index (χ4v) is 14.0. The highest BCUT2D eigenvalue weighted by atomic mass is 28.3. The monoisotopic (exact) mass is 400 g/mol. The number of piperazine rings is 1. The van der Waals surface area contributed by atoms with E-state index in [1.165, 1.54) is 38.8 Å². The van der Waals surface area contributed by atoms with E-state index in [9.17, 15) is 0 Å². The highest BCUT2D eigenvalue weighted by Gasteiger charge is 2.48. The van der Waals surface area contributed by atoms with E-state index in [1.807, 2.05) is 0 Å². The van der Waals surface area contributed by atoms with Gasteiger partial charge < -0.3 is 13.9 Å². The molecule has 156 valence electrons. The van der Waals surface area contributed by atoms with Crippen LogP contribution in [0.1, 0.15) is 69.2 Å². The molecule has 1 aliphatic heterocycles. The standard InChI is InChI=1S/C21H48N2OSi2/c1-17(2)26(18(3)4,19(5)6)23-13-11-22(12-14-23)15-20(7)16-25-24-21(8,9)10/h17-20H,11-16,25H2,1-10H3. The molecule has 1 saturated heterocycles. The van der Waals surface area contributed by atoms with Crippen molar-refractivity contribution in [2.45, 2.75) is 97.5 Å². The Morgan fingerprint density at radius 1 is 0.846 bits per heavy atom. The Hall–Kier alpha value is 0.314. The second-order valence-electron chi connectivity index (χ2n) is 10.5. The number of nitrogens with zero attached hydrogens (tertiary/aromatic N) is 2. The molecule has 0 bridgehead atoms. The lowest BCUT2D eigenvalue weighted by Crippen LogP contribution is -2.65. The van der Waals surface area contributed by atoms with Crippen LogP contribution < -0.4 is 0 Å². The van der Waals surface area contributed by atoms with Gasteiger partial charge in [0.05, 0.1) is 0 Å². The van der Waals surface area contributed by atoms with Crippen molar-refractivity contribution < 1.29 is 4.43 Å². The van der Waals surface area contributed by atoms with Gasteiger partial charge in [-0.1, -0.05) is 48.5 Å². The quantitative estimate of drug-likeness (QED) is 0.520. The molecule has 1 fully saturated rings. The Labute approximate surface area is 168 Å².